The predicted molar refractivity (Wildman–Crippen MR) is 101 cm³/mol. The number of rotatable bonds is 5. The maximum atomic E-state index is 13.0. The van der Waals surface area contributed by atoms with Crippen molar-refractivity contribution in [2.45, 2.75) is 6.61 Å². The van der Waals surface area contributed by atoms with Gasteiger partial charge >= 0.3 is 6.03 Å². The Morgan fingerprint density at radius 1 is 1.19 bits per heavy atom. The lowest BCUT2D eigenvalue weighted by Crippen LogP contribution is -2.25. The van der Waals surface area contributed by atoms with Gasteiger partial charge in [-0.15, -0.1) is 0 Å². The topological polar surface area (TPSA) is 67.9 Å². The van der Waals surface area contributed by atoms with Crippen LogP contribution in [0.15, 0.2) is 46.6 Å². The summed E-state index contributed by atoms with van der Waals surface area (Å²) in [5.41, 5.74) is 1.62. The number of likely N-dealkylation sites (N-methyl/N-ethyl adjacent to an activating group) is 1. The molecule has 6 nitrogen and oxygen atoms in total. The lowest BCUT2D eigenvalue weighted by molar-refractivity contribution is -0.121. The smallest absolute Gasteiger partial charge is 0.328 e. The molecular weight excluding hydrogens is 419 g/mol. The average Bonchev–Trinajstić information content (AvgIpc) is 2.89. The molecule has 1 aliphatic rings. The van der Waals surface area contributed by atoms with E-state index in [1.807, 2.05) is 0 Å². The van der Waals surface area contributed by atoms with Crippen LogP contribution in [0.25, 0.3) is 6.08 Å². The van der Waals surface area contributed by atoms with Gasteiger partial charge in [0.25, 0.3) is 5.91 Å². The third kappa shape index (κ3) is 4.11. The normalized spacial score (nSPS) is 15.3. The Morgan fingerprint density at radius 2 is 1.89 bits per heavy atom. The van der Waals surface area contributed by atoms with E-state index in [9.17, 15) is 14.0 Å². The Balaban J connectivity index is 1.84. The molecule has 1 fully saturated rings. The van der Waals surface area contributed by atoms with E-state index in [-0.39, 0.29) is 18.1 Å². The van der Waals surface area contributed by atoms with Crippen LogP contribution in [0.4, 0.5) is 9.18 Å². The maximum Gasteiger partial charge on any atom is 0.328 e. The van der Waals surface area contributed by atoms with Crippen molar-refractivity contribution in [3.05, 3.63) is 63.5 Å². The zero-order chi connectivity index (χ0) is 19.6. The number of nitrogens with zero attached hydrogens (tertiary/aromatic N) is 1. The van der Waals surface area contributed by atoms with Crippen molar-refractivity contribution in [1.82, 2.24) is 10.2 Å². The number of imide groups is 1. The molecule has 0 aliphatic carbocycles. The van der Waals surface area contributed by atoms with Crippen molar-refractivity contribution in [3.8, 4) is 11.5 Å². The van der Waals surface area contributed by atoms with Gasteiger partial charge in [-0.05, 0) is 41.5 Å². The highest BCUT2D eigenvalue weighted by Gasteiger charge is 2.30. The van der Waals surface area contributed by atoms with Crippen LogP contribution in [0, 0.1) is 5.82 Å². The Hall–Kier alpha value is -2.87. The summed E-state index contributed by atoms with van der Waals surface area (Å²) in [7, 11) is 2.90. The summed E-state index contributed by atoms with van der Waals surface area (Å²) in [6, 6.07) is 8.93. The molecule has 3 amide bonds. The van der Waals surface area contributed by atoms with Crippen LogP contribution in [0.2, 0.25) is 0 Å². The quantitative estimate of drug-likeness (QED) is 0.575. The van der Waals surface area contributed by atoms with Crippen LogP contribution in [0.5, 0.6) is 11.5 Å². The molecule has 0 radical (unpaired) electrons. The van der Waals surface area contributed by atoms with E-state index in [1.54, 1.807) is 30.3 Å². The summed E-state index contributed by atoms with van der Waals surface area (Å²) >= 11 is 3.44. The molecule has 27 heavy (non-hydrogen) atoms. The molecule has 0 aromatic heterocycles. The summed E-state index contributed by atoms with van der Waals surface area (Å²) < 4.78 is 24.8. The van der Waals surface area contributed by atoms with Gasteiger partial charge in [-0.3, -0.25) is 9.69 Å². The first kappa shape index (κ1) is 18.9. The number of carbonyl (C=O) groups is 2. The molecule has 0 saturated carbocycles. The van der Waals surface area contributed by atoms with Crippen LogP contribution >= 0.6 is 15.9 Å². The number of amides is 3. The summed E-state index contributed by atoms with van der Waals surface area (Å²) in [4.78, 5) is 24.6. The van der Waals surface area contributed by atoms with E-state index in [0.29, 0.717) is 21.5 Å². The van der Waals surface area contributed by atoms with Crippen molar-refractivity contribution < 1.29 is 23.5 Å². The zero-order valence-electron chi connectivity index (χ0n) is 14.6. The molecule has 140 valence electrons. The van der Waals surface area contributed by atoms with Gasteiger partial charge in [0, 0.05) is 11.5 Å². The van der Waals surface area contributed by atoms with E-state index < -0.39 is 11.9 Å². The summed E-state index contributed by atoms with van der Waals surface area (Å²) in [6.07, 6.45) is 1.56. The van der Waals surface area contributed by atoms with E-state index in [0.717, 1.165) is 10.5 Å². The van der Waals surface area contributed by atoms with E-state index >= 15 is 0 Å². The van der Waals surface area contributed by atoms with Gasteiger partial charge in [-0.1, -0.05) is 28.1 Å². The molecule has 0 bridgehead atoms. The van der Waals surface area contributed by atoms with Gasteiger partial charge in [0.05, 0.1) is 7.11 Å². The molecule has 1 aliphatic heterocycles. The number of halogens is 2. The number of hydrogen-bond acceptors (Lipinski definition) is 4. The highest BCUT2D eigenvalue weighted by Crippen LogP contribution is 2.35. The van der Waals surface area contributed by atoms with Crippen LogP contribution in [0.3, 0.4) is 0 Å². The van der Waals surface area contributed by atoms with Gasteiger partial charge in [0.2, 0.25) is 0 Å². The van der Waals surface area contributed by atoms with E-state index in [4.69, 9.17) is 9.47 Å². The van der Waals surface area contributed by atoms with E-state index in [1.165, 1.54) is 26.3 Å². The monoisotopic (exact) mass is 434 g/mol. The lowest BCUT2D eigenvalue weighted by Gasteiger charge is -2.13. The molecule has 3 rings (SSSR count). The van der Waals surface area contributed by atoms with Crippen LogP contribution in [0.1, 0.15) is 11.1 Å². The van der Waals surface area contributed by atoms with Crippen LogP contribution < -0.4 is 14.8 Å². The second kappa shape index (κ2) is 7.79. The van der Waals surface area contributed by atoms with Crippen LogP contribution in [-0.4, -0.2) is 31.0 Å². The van der Waals surface area contributed by atoms with Gasteiger partial charge < -0.3 is 14.8 Å². The highest BCUT2D eigenvalue weighted by molar-refractivity contribution is 9.10. The molecule has 0 atom stereocenters. The van der Waals surface area contributed by atoms with Crippen LogP contribution in [-0.2, 0) is 11.4 Å². The number of benzene rings is 2. The van der Waals surface area contributed by atoms with Crippen molar-refractivity contribution in [3.63, 3.8) is 0 Å². The molecule has 1 heterocycles. The molecule has 2 aromatic rings. The summed E-state index contributed by atoms with van der Waals surface area (Å²) in [6.45, 7) is 0.239. The molecular formula is C19H16BrFN2O4. The number of hydrogen-bond donors (Lipinski definition) is 1. The fraction of sp³-hybridized carbons (Fsp3) is 0.158. The molecule has 2 aromatic carbocycles. The molecule has 8 heteroatoms. The zero-order valence-corrected chi connectivity index (χ0v) is 16.2. The van der Waals surface area contributed by atoms with Crippen molar-refractivity contribution >= 4 is 33.9 Å². The lowest BCUT2D eigenvalue weighted by atomic mass is 10.1. The van der Waals surface area contributed by atoms with Crippen molar-refractivity contribution in [2.75, 3.05) is 14.2 Å². The van der Waals surface area contributed by atoms with Gasteiger partial charge in [-0.2, -0.15) is 0 Å². The number of methoxy groups -OCH3 is 1. The minimum absolute atomic E-state index is 0.172. The minimum atomic E-state index is -0.478. The fourth-order valence-electron chi connectivity index (χ4n) is 2.45. The number of carbonyl (C=O) groups excluding carboxylic acids is 2. The first-order valence-electron chi connectivity index (χ1n) is 7.94. The standard InChI is InChI=1S/C19H16BrFN2O4/c1-23-18(24)15(22-19(23)25)7-12-8-16(26-2)17(9-14(12)20)27-10-11-3-5-13(21)6-4-11/h3-9H,10H2,1-2H3,(H,22,25)/b15-7+. The second-order valence-electron chi connectivity index (χ2n) is 5.79. The molecule has 1 saturated heterocycles. The highest BCUT2D eigenvalue weighted by atomic mass is 79.9. The van der Waals surface area contributed by atoms with Crippen molar-refractivity contribution in [2.24, 2.45) is 0 Å². The summed E-state index contributed by atoms with van der Waals surface area (Å²) in [5.74, 6) is 0.213. The Labute approximate surface area is 163 Å². The van der Waals surface area contributed by atoms with Gasteiger partial charge in [0.1, 0.15) is 18.1 Å². The second-order valence-corrected chi connectivity index (χ2v) is 6.65. The Morgan fingerprint density at radius 3 is 2.48 bits per heavy atom. The maximum absolute atomic E-state index is 13.0. The molecule has 0 unspecified atom stereocenters. The first-order chi connectivity index (χ1) is 12.9. The summed E-state index contributed by atoms with van der Waals surface area (Å²) in [5, 5.41) is 2.51. The van der Waals surface area contributed by atoms with Crippen molar-refractivity contribution in [1.29, 1.82) is 0 Å². The third-order valence-corrected chi connectivity index (χ3v) is 4.66. The minimum Gasteiger partial charge on any atom is -0.493 e. The largest absolute Gasteiger partial charge is 0.493 e. The number of nitrogens with one attached hydrogen (secondary N) is 1. The van der Waals surface area contributed by atoms with Gasteiger partial charge in [-0.25, -0.2) is 9.18 Å². The van der Waals surface area contributed by atoms with Gasteiger partial charge in [0.15, 0.2) is 11.5 Å². The first-order valence-corrected chi connectivity index (χ1v) is 8.74. The Bertz CT molecular complexity index is 928. The fourth-order valence-corrected chi connectivity index (χ4v) is 2.89. The molecule has 0 spiro atoms. The number of urea groups is 1. The number of ether oxygens (including phenoxy) is 2. The Kier molecular flexibility index (Phi) is 5.46. The van der Waals surface area contributed by atoms with E-state index in [2.05, 4.69) is 21.2 Å². The average molecular weight is 435 g/mol. The third-order valence-electron chi connectivity index (χ3n) is 3.97. The predicted octanol–water partition coefficient (Wildman–Crippen LogP) is 3.70. The SMILES string of the molecule is COc1cc(/C=C2/NC(=O)N(C)C2=O)c(Br)cc1OCc1ccc(F)cc1. The molecule has 1 N–H and O–H groups in total.